The number of pyridine rings is 1. The van der Waals surface area contributed by atoms with E-state index < -0.39 is 0 Å². The number of hydrogen-bond acceptors (Lipinski definition) is 3. The summed E-state index contributed by atoms with van der Waals surface area (Å²) in [6.45, 7) is 3.99. The Morgan fingerprint density at radius 3 is 2.48 bits per heavy atom. The summed E-state index contributed by atoms with van der Waals surface area (Å²) in [4.78, 5) is 21.2. The number of rotatable bonds is 4. The number of para-hydroxylation sites is 1. The molecule has 1 amide bonds. The Morgan fingerprint density at radius 2 is 1.70 bits per heavy atom. The van der Waals surface area contributed by atoms with Crippen molar-refractivity contribution in [3.8, 4) is 0 Å². The quantitative estimate of drug-likeness (QED) is 0.714. The average Bonchev–Trinajstić information content (AvgIpc) is 2.70. The average molecular weight is 363 g/mol. The van der Waals surface area contributed by atoms with Gasteiger partial charge in [-0.05, 0) is 35.4 Å². The van der Waals surface area contributed by atoms with Crippen molar-refractivity contribution in [2.75, 3.05) is 26.2 Å². The molecule has 0 aliphatic carbocycles. The molecule has 138 valence electrons. The van der Waals surface area contributed by atoms with Gasteiger partial charge in [0.2, 0.25) is 5.91 Å². The molecule has 2 heterocycles. The fraction of sp³-hybridized carbons (Fsp3) is 0.273. The third-order valence-electron chi connectivity index (χ3n) is 5.05. The van der Waals surface area contributed by atoms with Gasteiger partial charge in [0.25, 0.3) is 0 Å². The summed E-state index contributed by atoms with van der Waals surface area (Å²) in [5.41, 5.74) is 3.06. The Bertz CT molecular complexity index is 934. The number of carbonyl (C=O) groups excluding carboxylic acids is 1. The van der Waals surface area contributed by atoms with Crippen molar-refractivity contribution in [2.24, 2.45) is 0 Å². The maximum absolute atomic E-state index is 13.0. The van der Waals surface area contributed by atoms with E-state index in [9.17, 15) is 9.18 Å². The first-order valence-corrected chi connectivity index (χ1v) is 9.26. The van der Waals surface area contributed by atoms with E-state index in [1.54, 1.807) is 12.1 Å². The predicted molar refractivity (Wildman–Crippen MR) is 104 cm³/mol. The van der Waals surface area contributed by atoms with Crippen LogP contribution in [0.3, 0.4) is 0 Å². The molecule has 5 heteroatoms. The van der Waals surface area contributed by atoms with Crippen LogP contribution in [0.5, 0.6) is 0 Å². The van der Waals surface area contributed by atoms with Crippen LogP contribution in [0.4, 0.5) is 4.39 Å². The molecule has 0 bridgehead atoms. The van der Waals surface area contributed by atoms with Crippen LogP contribution in [0.2, 0.25) is 0 Å². The second kappa shape index (κ2) is 7.84. The van der Waals surface area contributed by atoms with E-state index in [1.807, 2.05) is 29.3 Å². The minimum absolute atomic E-state index is 0.105. The number of benzene rings is 2. The molecule has 4 rings (SSSR count). The van der Waals surface area contributed by atoms with Gasteiger partial charge in [-0.1, -0.05) is 30.3 Å². The van der Waals surface area contributed by atoms with Gasteiger partial charge in [-0.2, -0.15) is 0 Å². The summed E-state index contributed by atoms with van der Waals surface area (Å²) in [5.74, 6) is -0.170. The summed E-state index contributed by atoms with van der Waals surface area (Å²) < 4.78 is 13.0. The highest BCUT2D eigenvalue weighted by atomic mass is 19.1. The maximum Gasteiger partial charge on any atom is 0.227 e. The molecule has 0 atom stereocenters. The van der Waals surface area contributed by atoms with Crippen LogP contribution in [0.15, 0.2) is 60.8 Å². The van der Waals surface area contributed by atoms with Crippen LogP contribution in [0, 0.1) is 5.82 Å². The maximum atomic E-state index is 13.0. The predicted octanol–water partition coefficient (Wildman–Crippen LogP) is 3.26. The lowest BCUT2D eigenvalue weighted by Gasteiger charge is -2.34. The molecule has 0 spiro atoms. The third-order valence-corrected chi connectivity index (χ3v) is 5.05. The zero-order valence-electron chi connectivity index (χ0n) is 15.1. The topological polar surface area (TPSA) is 36.4 Å². The van der Waals surface area contributed by atoms with E-state index in [0.29, 0.717) is 6.42 Å². The molecule has 27 heavy (non-hydrogen) atoms. The third kappa shape index (κ3) is 4.31. The Labute approximate surface area is 158 Å². The first-order chi connectivity index (χ1) is 13.2. The first kappa shape index (κ1) is 17.6. The highest BCUT2D eigenvalue weighted by Crippen LogP contribution is 2.15. The fourth-order valence-electron chi connectivity index (χ4n) is 3.51. The molecule has 3 aromatic rings. The molecule has 0 N–H and O–H groups in total. The highest BCUT2D eigenvalue weighted by molar-refractivity contribution is 5.79. The van der Waals surface area contributed by atoms with Gasteiger partial charge >= 0.3 is 0 Å². The van der Waals surface area contributed by atoms with Gasteiger partial charge < -0.3 is 4.90 Å². The monoisotopic (exact) mass is 363 g/mol. The second-order valence-corrected chi connectivity index (χ2v) is 7.00. The van der Waals surface area contributed by atoms with E-state index >= 15 is 0 Å². The number of halogens is 1. The van der Waals surface area contributed by atoms with Gasteiger partial charge in [0.05, 0.1) is 11.9 Å². The van der Waals surface area contributed by atoms with Gasteiger partial charge in [-0.25, -0.2) is 4.39 Å². The lowest BCUT2D eigenvalue weighted by atomic mass is 10.1. The van der Waals surface area contributed by atoms with Gasteiger partial charge in [0, 0.05) is 44.3 Å². The van der Waals surface area contributed by atoms with Crippen molar-refractivity contribution in [3.05, 3.63) is 77.7 Å². The van der Waals surface area contributed by atoms with Crippen LogP contribution in [0.25, 0.3) is 10.9 Å². The van der Waals surface area contributed by atoms with Gasteiger partial charge in [-0.3, -0.25) is 14.7 Å². The molecule has 1 aliphatic heterocycles. The molecule has 0 unspecified atom stereocenters. The minimum atomic E-state index is -0.275. The molecule has 0 saturated carbocycles. The summed E-state index contributed by atoms with van der Waals surface area (Å²) >= 11 is 0. The zero-order valence-corrected chi connectivity index (χ0v) is 15.1. The van der Waals surface area contributed by atoms with Crippen molar-refractivity contribution in [3.63, 3.8) is 0 Å². The Morgan fingerprint density at radius 1 is 0.963 bits per heavy atom. The van der Waals surface area contributed by atoms with Crippen LogP contribution in [-0.2, 0) is 17.8 Å². The van der Waals surface area contributed by atoms with Crippen molar-refractivity contribution in [2.45, 2.75) is 13.0 Å². The van der Waals surface area contributed by atoms with E-state index in [1.165, 1.54) is 17.7 Å². The smallest absolute Gasteiger partial charge is 0.227 e. The molecule has 1 saturated heterocycles. The molecular formula is C22H22FN3O. The van der Waals surface area contributed by atoms with E-state index in [-0.39, 0.29) is 11.7 Å². The van der Waals surface area contributed by atoms with Gasteiger partial charge in [0.15, 0.2) is 0 Å². The van der Waals surface area contributed by atoms with Crippen LogP contribution >= 0.6 is 0 Å². The number of amides is 1. The normalized spacial score (nSPS) is 15.2. The molecule has 1 aromatic heterocycles. The van der Waals surface area contributed by atoms with Crippen LogP contribution in [0.1, 0.15) is 11.1 Å². The van der Waals surface area contributed by atoms with E-state index in [2.05, 4.69) is 22.0 Å². The van der Waals surface area contributed by atoms with Crippen LogP contribution in [-0.4, -0.2) is 46.9 Å². The number of piperazine rings is 1. The van der Waals surface area contributed by atoms with E-state index in [4.69, 9.17) is 0 Å². The van der Waals surface area contributed by atoms with Crippen molar-refractivity contribution >= 4 is 16.8 Å². The van der Waals surface area contributed by atoms with Gasteiger partial charge in [-0.15, -0.1) is 0 Å². The highest BCUT2D eigenvalue weighted by Gasteiger charge is 2.21. The van der Waals surface area contributed by atoms with Crippen LogP contribution < -0.4 is 0 Å². The summed E-state index contributed by atoms with van der Waals surface area (Å²) in [6.07, 6.45) is 2.27. The Balaban J connectivity index is 1.31. The fourth-order valence-corrected chi connectivity index (χ4v) is 3.51. The minimum Gasteiger partial charge on any atom is -0.340 e. The lowest BCUT2D eigenvalue weighted by molar-refractivity contribution is -0.132. The largest absolute Gasteiger partial charge is 0.340 e. The summed E-state index contributed by atoms with van der Waals surface area (Å²) in [5, 5.41) is 1.16. The lowest BCUT2D eigenvalue weighted by Crippen LogP contribution is -2.48. The number of carbonyl (C=O) groups is 1. The molecular weight excluding hydrogens is 341 g/mol. The molecule has 0 radical (unpaired) electrons. The second-order valence-electron chi connectivity index (χ2n) is 7.00. The SMILES string of the molecule is O=C(Cc1ccc(F)cc1)N1CCN(Cc2cnc3ccccc3c2)CC1. The molecule has 1 aliphatic rings. The number of fused-ring (bicyclic) bond motifs is 1. The Hall–Kier alpha value is -2.79. The number of hydrogen-bond donors (Lipinski definition) is 0. The van der Waals surface area contributed by atoms with Crippen molar-refractivity contribution in [1.29, 1.82) is 0 Å². The van der Waals surface area contributed by atoms with Gasteiger partial charge in [0.1, 0.15) is 5.82 Å². The molecule has 2 aromatic carbocycles. The van der Waals surface area contributed by atoms with Crippen molar-refractivity contribution < 1.29 is 9.18 Å². The Kier molecular flexibility index (Phi) is 5.12. The first-order valence-electron chi connectivity index (χ1n) is 9.26. The van der Waals surface area contributed by atoms with E-state index in [0.717, 1.165) is 49.2 Å². The zero-order chi connectivity index (χ0) is 18.6. The number of aromatic nitrogens is 1. The summed E-state index contributed by atoms with van der Waals surface area (Å²) in [7, 11) is 0. The molecule has 1 fully saturated rings. The summed E-state index contributed by atoms with van der Waals surface area (Å²) in [6, 6.07) is 16.5. The van der Waals surface area contributed by atoms with Crippen molar-refractivity contribution in [1.82, 2.24) is 14.8 Å². The standard InChI is InChI=1S/C22H22FN3O/c23-20-7-5-17(6-8-20)14-22(27)26-11-9-25(10-12-26)16-18-13-19-3-1-2-4-21(19)24-15-18/h1-8,13,15H,9-12,14,16H2. The number of nitrogens with zero attached hydrogens (tertiary/aromatic N) is 3. The molecule has 4 nitrogen and oxygen atoms in total.